The van der Waals surface area contributed by atoms with Gasteiger partial charge in [-0.2, -0.15) is 0 Å². The number of hydrogen-bond acceptors (Lipinski definition) is 6. The van der Waals surface area contributed by atoms with Gasteiger partial charge in [0.25, 0.3) is 0 Å². The van der Waals surface area contributed by atoms with Gasteiger partial charge in [-0.1, -0.05) is 62.4 Å². The Balaban J connectivity index is 1.76. The molecule has 40 heavy (non-hydrogen) atoms. The number of carbonyl (C=O) groups excluding carboxylic acids is 3. The zero-order chi connectivity index (χ0) is 29.2. The van der Waals surface area contributed by atoms with E-state index in [1.165, 1.54) is 0 Å². The molecule has 0 bridgehead atoms. The lowest BCUT2D eigenvalue weighted by Crippen LogP contribution is -2.58. The Hall–Kier alpha value is -4.22. The maximum atomic E-state index is 13.5. The monoisotopic (exact) mass is 551 g/mol. The van der Waals surface area contributed by atoms with Crippen LogP contribution in [0, 0.1) is 5.92 Å². The highest BCUT2D eigenvalue weighted by Crippen LogP contribution is 2.19. The fraction of sp³-hybridized carbons (Fsp3) is 0.379. The van der Waals surface area contributed by atoms with Crippen LogP contribution in [0.25, 0.3) is 10.9 Å². The Labute approximate surface area is 232 Å². The summed E-state index contributed by atoms with van der Waals surface area (Å²) in [6, 6.07) is 12.1. The van der Waals surface area contributed by atoms with Crippen LogP contribution in [0.3, 0.4) is 0 Å². The van der Waals surface area contributed by atoms with E-state index in [0.717, 1.165) is 22.0 Å². The number of rotatable bonds is 14. The van der Waals surface area contributed by atoms with Gasteiger partial charge in [0, 0.05) is 23.5 Å². The van der Waals surface area contributed by atoms with Gasteiger partial charge in [-0.3, -0.25) is 14.4 Å². The molecule has 1 heterocycles. The van der Waals surface area contributed by atoms with Gasteiger partial charge in [0.2, 0.25) is 17.7 Å². The molecule has 3 amide bonds. The number of aliphatic hydroxyl groups excluding tert-OH is 1. The van der Waals surface area contributed by atoms with E-state index in [-0.39, 0.29) is 25.2 Å². The minimum absolute atomic E-state index is 0.0276. The summed E-state index contributed by atoms with van der Waals surface area (Å²) in [4.78, 5) is 54.0. The number of para-hydroxylation sites is 1. The molecule has 0 fully saturated rings. The normalized spacial score (nSPS) is 14.2. The first-order chi connectivity index (χ1) is 19.1. The van der Waals surface area contributed by atoms with Crippen LogP contribution in [-0.2, 0) is 32.0 Å². The minimum Gasteiger partial charge on any atom is -0.480 e. The number of aliphatic carboxylic acids is 1. The molecular formula is C29H37N5O6. The van der Waals surface area contributed by atoms with Crippen molar-refractivity contribution in [1.82, 2.24) is 20.9 Å². The number of nitrogens with two attached hydrogens (primary N) is 1. The summed E-state index contributed by atoms with van der Waals surface area (Å²) >= 11 is 0. The number of fused-ring (bicyclic) bond motifs is 1. The van der Waals surface area contributed by atoms with Crippen LogP contribution in [0.1, 0.15) is 31.4 Å². The van der Waals surface area contributed by atoms with Crippen molar-refractivity contribution in [2.24, 2.45) is 11.7 Å². The van der Waals surface area contributed by atoms with E-state index in [1.54, 1.807) is 6.20 Å². The molecule has 0 aliphatic heterocycles. The maximum absolute atomic E-state index is 13.5. The average Bonchev–Trinajstić information content (AvgIpc) is 3.33. The third-order valence-corrected chi connectivity index (χ3v) is 6.50. The first-order valence-corrected chi connectivity index (χ1v) is 13.2. The summed E-state index contributed by atoms with van der Waals surface area (Å²) in [7, 11) is 0. The number of H-pyrrole nitrogens is 1. The van der Waals surface area contributed by atoms with Crippen LogP contribution in [0.15, 0.2) is 60.8 Å². The number of aromatic nitrogens is 1. The second-order valence-electron chi connectivity index (χ2n) is 10.2. The van der Waals surface area contributed by atoms with Crippen LogP contribution >= 0.6 is 0 Å². The molecule has 0 aliphatic rings. The number of benzene rings is 2. The number of carboxylic acid groups (broad SMARTS) is 1. The van der Waals surface area contributed by atoms with Crippen molar-refractivity contribution in [2.45, 2.75) is 57.3 Å². The third kappa shape index (κ3) is 8.39. The largest absolute Gasteiger partial charge is 0.480 e. The van der Waals surface area contributed by atoms with Crippen molar-refractivity contribution in [1.29, 1.82) is 0 Å². The summed E-state index contributed by atoms with van der Waals surface area (Å²) in [6.07, 6.45) is 2.40. The van der Waals surface area contributed by atoms with E-state index in [2.05, 4.69) is 20.9 Å². The van der Waals surface area contributed by atoms with Crippen molar-refractivity contribution in [3.63, 3.8) is 0 Å². The number of aliphatic hydroxyl groups is 1. The summed E-state index contributed by atoms with van der Waals surface area (Å²) < 4.78 is 0. The molecule has 3 aromatic rings. The number of nitrogens with one attached hydrogen (secondary N) is 4. The number of amides is 3. The van der Waals surface area contributed by atoms with Gasteiger partial charge in [0.05, 0.1) is 12.6 Å². The smallest absolute Gasteiger partial charge is 0.328 e. The molecule has 2 aromatic carbocycles. The van der Waals surface area contributed by atoms with Crippen LogP contribution in [0.4, 0.5) is 0 Å². The molecule has 0 radical (unpaired) electrons. The lowest BCUT2D eigenvalue weighted by molar-refractivity contribution is -0.143. The topological polar surface area (TPSA) is 187 Å². The summed E-state index contributed by atoms with van der Waals surface area (Å²) in [5.74, 6) is -3.32. The molecule has 11 nitrogen and oxygen atoms in total. The van der Waals surface area contributed by atoms with Crippen LogP contribution in [0.5, 0.6) is 0 Å². The molecule has 3 rings (SSSR count). The number of carboxylic acids is 1. The lowest BCUT2D eigenvalue weighted by Gasteiger charge is -2.26. The van der Waals surface area contributed by atoms with Gasteiger partial charge in [-0.05, 0) is 36.0 Å². The van der Waals surface area contributed by atoms with Crippen molar-refractivity contribution in [2.75, 3.05) is 6.61 Å². The molecule has 214 valence electrons. The third-order valence-electron chi connectivity index (χ3n) is 6.50. The molecule has 0 spiro atoms. The number of hydrogen-bond donors (Lipinski definition) is 7. The lowest BCUT2D eigenvalue weighted by atomic mass is 10.00. The van der Waals surface area contributed by atoms with E-state index < -0.39 is 54.5 Å². The molecule has 1 aromatic heterocycles. The Morgan fingerprint density at radius 3 is 2.08 bits per heavy atom. The van der Waals surface area contributed by atoms with E-state index in [1.807, 2.05) is 68.4 Å². The highest BCUT2D eigenvalue weighted by atomic mass is 16.4. The zero-order valence-electron chi connectivity index (χ0n) is 22.6. The fourth-order valence-corrected chi connectivity index (χ4v) is 4.40. The van der Waals surface area contributed by atoms with Gasteiger partial charge >= 0.3 is 5.97 Å². The Kier molecular flexibility index (Phi) is 10.8. The van der Waals surface area contributed by atoms with E-state index in [4.69, 9.17) is 5.73 Å². The molecule has 0 aliphatic carbocycles. The molecular weight excluding hydrogens is 514 g/mol. The Bertz CT molecular complexity index is 1310. The van der Waals surface area contributed by atoms with Crippen molar-refractivity contribution in [3.05, 3.63) is 71.9 Å². The predicted molar refractivity (Wildman–Crippen MR) is 150 cm³/mol. The van der Waals surface area contributed by atoms with Crippen molar-refractivity contribution >= 4 is 34.6 Å². The van der Waals surface area contributed by atoms with E-state index in [0.29, 0.717) is 0 Å². The molecule has 4 unspecified atom stereocenters. The first kappa shape index (κ1) is 30.3. The van der Waals surface area contributed by atoms with Crippen LogP contribution < -0.4 is 21.7 Å². The quantitative estimate of drug-likeness (QED) is 0.155. The van der Waals surface area contributed by atoms with Crippen LogP contribution in [-0.4, -0.2) is 69.7 Å². The number of carbonyl (C=O) groups is 4. The van der Waals surface area contributed by atoms with Crippen molar-refractivity contribution in [3.8, 4) is 0 Å². The molecule has 0 saturated carbocycles. The molecule has 8 N–H and O–H groups in total. The predicted octanol–water partition coefficient (Wildman–Crippen LogP) is 0.858. The fourth-order valence-electron chi connectivity index (χ4n) is 4.40. The standard InChI is InChI=1S/C29H37N5O6/c1-17(2)12-23(27(37)34-25(16-35)29(39)40)33-28(38)24(13-18-8-4-3-5-9-18)32-26(36)21(30)14-19-15-31-22-11-7-6-10-20(19)22/h3-11,15,17,21,23-25,31,35H,12-14,16,30H2,1-2H3,(H,32,36)(H,33,38)(H,34,37)(H,39,40). The van der Waals surface area contributed by atoms with E-state index in [9.17, 15) is 29.4 Å². The van der Waals surface area contributed by atoms with Gasteiger partial charge in [-0.25, -0.2) is 4.79 Å². The molecule has 4 atom stereocenters. The first-order valence-electron chi connectivity index (χ1n) is 13.2. The molecule has 0 saturated heterocycles. The number of aromatic amines is 1. The highest BCUT2D eigenvalue weighted by molar-refractivity contribution is 5.94. The van der Waals surface area contributed by atoms with Gasteiger partial charge in [0.1, 0.15) is 18.1 Å². The second kappa shape index (κ2) is 14.2. The van der Waals surface area contributed by atoms with Gasteiger partial charge < -0.3 is 36.9 Å². The van der Waals surface area contributed by atoms with Gasteiger partial charge in [0.15, 0.2) is 0 Å². The molecule has 11 heteroatoms. The van der Waals surface area contributed by atoms with Gasteiger partial charge in [-0.15, -0.1) is 0 Å². The minimum atomic E-state index is -1.51. The second-order valence-corrected chi connectivity index (χ2v) is 10.2. The average molecular weight is 552 g/mol. The Morgan fingerprint density at radius 2 is 1.43 bits per heavy atom. The summed E-state index contributed by atoms with van der Waals surface area (Å²) in [5.41, 5.74) is 8.83. The SMILES string of the molecule is CC(C)CC(NC(=O)C(Cc1ccccc1)NC(=O)C(N)Cc1c[nH]c2ccccc12)C(=O)NC(CO)C(=O)O. The summed E-state index contributed by atoms with van der Waals surface area (Å²) in [6.45, 7) is 2.89. The van der Waals surface area contributed by atoms with Crippen LogP contribution in [0.2, 0.25) is 0 Å². The van der Waals surface area contributed by atoms with Crippen molar-refractivity contribution < 1.29 is 29.4 Å². The van der Waals surface area contributed by atoms with E-state index >= 15 is 0 Å². The Morgan fingerprint density at radius 1 is 0.825 bits per heavy atom. The highest BCUT2D eigenvalue weighted by Gasteiger charge is 2.31. The maximum Gasteiger partial charge on any atom is 0.328 e. The zero-order valence-corrected chi connectivity index (χ0v) is 22.6. The summed E-state index contributed by atoms with van der Waals surface area (Å²) in [5, 5.41) is 27.1.